The van der Waals surface area contributed by atoms with Gasteiger partial charge < -0.3 is 30.9 Å². The fourth-order valence-electron chi connectivity index (χ4n) is 3.75. The Morgan fingerprint density at radius 2 is 1.82 bits per heavy atom. The third-order valence-electron chi connectivity index (χ3n) is 5.66. The number of anilines is 1. The van der Waals surface area contributed by atoms with Gasteiger partial charge in [0.15, 0.2) is 5.62 Å². The van der Waals surface area contributed by atoms with Gasteiger partial charge in [-0.25, -0.2) is 4.79 Å². The summed E-state index contributed by atoms with van der Waals surface area (Å²) in [4.78, 5) is 25.7. The molecule has 1 amide bonds. The fraction of sp³-hybridized carbons (Fsp3) is 0.517. The number of benzene rings is 2. The zero-order chi connectivity index (χ0) is 29.2. The number of ether oxygens (including phenoxy) is 1. The second kappa shape index (κ2) is 19.6. The van der Waals surface area contributed by atoms with E-state index in [1.807, 2.05) is 45.9 Å². The maximum atomic E-state index is 12.6. The van der Waals surface area contributed by atoms with Crippen molar-refractivity contribution in [1.82, 2.24) is 10.2 Å². The average molecular weight is 580 g/mol. The SMILES string of the molecule is CC.CC(C)OC(=O)N(CCCSCCNCC(O)c1ccc(O)c(N)c1SC=O)C[C@H](C)c1ccccc1. The first kappa shape index (κ1) is 34.6. The number of carbonyl (C=O) groups is 2. The van der Waals surface area contributed by atoms with Crippen LogP contribution in [0.1, 0.15) is 64.2 Å². The predicted molar refractivity (Wildman–Crippen MR) is 164 cm³/mol. The lowest BCUT2D eigenvalue weighted by Gasteiger charge is -2.26. The van der Waals surface area contributed by atoms with Gasteiger partial charge in [0.05, 0.1) is 17.9 Å². The minimum atomic E-state index is -0.859. The number of aliphatic hydroxyl groups excluding tert-OH is 1. The molecule has 0 bridgehead atoms. The zero-order valence-corrected chi connectivity index (χ0v) is 25.4. The highest BCUT2D eigenvalue weighted by Gasteiger charge is 2.20. The molecule has 0 aliphatic heterocycles. The van der Waals surface area contributed by atoms with Crippen LogP contribution in [0.2, 0.25) is 0 Å². The molecule has 2 aromatic carbocycles. The number of nitrogens with one attached hydrogen (secondary N) is 1. The standard InChI is InChI=1S/C27H39N3O5S2.C2H6/c1-19(2)35-27(34)30(17-20(3)21-8-5-4-6-9-21)13-7-14-36-15-12-29-16-24(33)22-10-11-23(32)25(28)26(22)37-18-31;1-2/h4-6,8-11,18-20,24,29,32-33H,7,12-17,28H2,1-3H3;1-2H3/t20-,24?;/m0./s1. The van der Waals surface area contributed by atoms with Gasteiger partial charge in [0.2, 0.25) is 0 Å². The number of hydrogen-bond acceptors (Lipinski definition) is 9. The fourth-order valence-corrected chi connectivity index (χ4v) is 5.25. The van der Waals surface area contributed by atoms with Crippen molar-refractivity contribution in [3.63, 3.8) is 0 Å². The first-order valence-corrected chi connectivity index (χ1v) is 15.5. The number of amides is 1. The monoisotopic (exact) mass is 579 g/mol. The van der Waals surface area contributed by atoms with E-state index < -0.39 is 6.10 Å². The third kappa shape index (κ3) is 12.5. The Bertz CT molecular complexity index is 979. The highest BCUT2D eigenvalue weighted by atomic mass is 32.2. The van der Waals surface area contributed by atoms with E-state index in [4.69, 9.17) is 10.5 Å². The van der Waals surface area contributed by atoms with E-state index in [1.54, 1.807) is 22.7 Å². The van der Waals surface area contributed by atoms with E-state index in [1.165, 1.54) is 11.6 Å². The van der Waals surface area contributed by atoms with Crippen LogP contribution in [-0.2, 0) is 9.53 Å². The van der Waals surface area contributed by atoms with Crippen LogP contribution in [0.25, 0.3) is 0 Å². The number of carbonyl (C=O) groups excluding carboxylic acids is 2. The van der Waals surface area contributed by atoms with Crippen molar-refractivity contribution < 1.29 is 24.5 Å². The molecule has 0 radical (unpaired) electrons. The van der Waals surface area contributed by atoms with E-state index in [-0.39, 0.29) is 29.6 Å². The smallest absolute Gasteiger partial charge is 0.410 e. The third-order valence-corrected chi connectivity index (χ3v) is 7.52. The number of phenols is 1. The number of phenolic OH excluding ortho intramolecular Hbond substituents is 1. The van der Waals surface area contributed by atoms with Crippen LogP contribution in [0, 0.1) is 0 Å². The van der Waals surface area contributed by atoms with Gasteiger partial charge in [-0.2, -0.15) is 11.8 Å². The molecule has 5 N–H and O–H groups in total. The van der Waals surface area contributed by atoms with Gasteiger partial charge in [0, 0.05) is 36.8 Å². The zero-order valence-electron chi connectivity index (χ0n) is 23.8. The average Bonchev–Trinajstić information content (AvgIpc) is 2.93. The molecular formula is C29H45N3O5S2. The normalized spacial score (nSPS) is 12.3. The number of aromatic hydroxyl groups is 1. The summed E-state index contributed by atoms with van der Waals surface area (Å²) >= 11 is 2.61. The largest absolute Gasteiger partial charge is 0.506 e. The van der Waals surface area contributed by atoms with Gasteiger partial charge >= 0.3 is 6.09 Å². The van der Waals surface area contributed by atoms with Crippen molar-refractivity contribution in [2.24, 2.45) is 0 Å². The molecule has 0 heterocycles. The van der Waals surface area contributed by atoms with E-state index in [0.29, 0.717) is 42.3 Å². The number of rotatable bonds is 16. The number of hydrogen-bond donors (Lipinski definition) is 4. The second-order valence-corrected chi connectivity index (χ2v) is 11.1. The van der Waals surface area contributed by atoms with E-state index in [0.717, 1.165) is 29.7 Å². The first-order valence-electron chi connectivity index (χ1n) is 13.4. The first-order chi connectivity index (χ1) is 18.7. The summed E-state index contributed by atoms with van der Waals surface area (Å²) in [6.45, 7) is 12.0. The Morgan fingerprint density at radius 3 is 2.46 bits per heavy atom. The molecule has 0 aromatic heterocycles. The Balaban J connectivity index is 0.00000371. The second-order valence-electron chi connectivity index (χ2n) is 9.01. The molecule has 218 valence electrons. The molecule has 0 saturated carbocycles. The van der Waals surface area contributed by atoms with Gasteiger partial charge in [0.1, 0.15) is 5.75 Å². The van der Waals surface area contributed by atoms with Crippen LogP contribution in [0.5, 0.6) is 5.75 Å². The molecule has 0 saturated heterocycles. The van der Waals surface area contributed by atoms with Gasteiger partial charge in [-0.1, -0.05) is 68.9 Å². The predicted octanol–water partition coefficient (Wildman–Crippen LogP) is 5.68. The van der Waals surface area contributed by atoms with Gasteiger partial charge in [-0.3, -0.25) is 4.79 Å². The Kier molecular flexibility index (Phi) is 17.4. The van der Waals surface area contributed by atoms with E-state index in [2.05, 4.69) is 24.4 Å². The summed E-state index contributed by atoms with van der Waals surface area (Å²) in [5, 5.41) is 23.5. The molecular weight excluding hydrogens is 534 g/mol. The minimum absolute atomic E-state index is 0.0914. The quantitative estimate of drug-likeness (QED) is 0.0653. The summed E-state index contributed by atoms with van der Waals surface area (Å²) in [5.74, 6) is 1.83. The topological polar surface area (TPSA) is 125 Å². The van der Waals surface area contributed by atoms with E-state index in [9.17, 15) is 19.8 Å². The molecule has 0 aliphatic rings. The van der Waals surface area contributed by atoms with Crippen LogP contribution in [-0.4, -0.2) is 70.6 Å². The highest BCUT2D eigenvalue weighted by Crippen LogP contribution is 2.37. The molecule has 2 rings (SSSR count). The van der Waals surface area contributed by atoms with Crippen molar-refractivity contribution in [3.8, 4) is 5.75 Å². The Morgan fingerprint density at radius 1 is 1.13 bits per heavy atom. The number of thioether (sulfide) groups is 2. The molecule has 0 spiro atoms. The van der Waals surface area contributed by atoms with Gasteiger partial charge in [0.25, 0.3) is 0 Å². The van der Waals surface area contributed by atoms with Crippen LogP contribution in [0.3, 0.4) is 0 Å². The molecule has 10 heteroatoms. The number of nitrogen functional groups attached to an aromatic ring is 1. The Hall–Kier alpha value is -2.40. The van der Waals surface area contributed by atoms with Crippen molar-refractivity contribution in [1.29, 1.82) is 0 Å². The molecule has 1 unspecified atom stereocenters. The highest BCUT2D eigenvalue weighted by molar-refractivity contribution is 8.12. The molecule has 2 aromatic rings. The summed E-state index contributed by atoms with van der Waals surface area (Å²) < 4.78 is 5.46. The molecule has 0 fully saturated rings. The molecule has 8 nitrogen and oxygen atoms in total. The number of nitrogens with zero attached hydrogens (tertiary/aromatic N) is 1. The van der Waals surface area contributed by atoms with Crippen LogP contribution < -0.4 is 11.1 Å². The van der Waals surface area contributed by atoms with Crippen molar-refractivity contribution in [2.45, 2.75) is 64.1 Å². The van der Waals surface area contributed by atoms with Crippen molar-refractivity contribution in [3.05, 3.63) is 53.6 Å². The molecule has 39 heavy (non-hydrogen) atoms. The maximum Gasteiger partial charge on any atom is 0.410 e. The van der Waals surface area contributed by atoms with Crippen LogP contribution in [0.15, 0.2) is 47.4 Å². The number of aliphatic hydroxyl groups is 1. The minimum Gasteiger partial charge on any atom is -0.506 e. The van der Waals surface area contributed by atoms with Gasteiger partial charge in [-0.05, 0) is 49.1 Å². The summed E-state index contributed by atoms with van der Waals surface area (Å²) in [5.41, 5.74) is 8.27. The maximum absolute atomic E-state index is 12.6. The van der Waals surface area contributed by atoms with Crippen LogP contribution in [0.4, 0.5) is 10.5 Å². The van der Waals surface area contributed by atoms with Crippen molar-refractivity contribution in [2.75, 3.05) is 43.4 Å². The van der Waals surface area contributed by atoms with Crippen molar-refractivity contribution >= 4 is 40.9 Å². The van der Waals surface area contributed by atoms with E-state index >= 15 is 0 Å². The Labute approximate surface area is 242 Å². The molecule has 0 aliphatic carbocycles. The molecule has 2 atom stereocenters. The lowest BCUT2D eigenvalue weighted by atomic mass is 10.0. The summed E-state index contributed by atoms with van der Waals surface area (Å²) in [7, 11) is 0. The summed E-state index contributed by atoms with van der Waals surface area (Å²) in [6, 6.07) is 13.2. The summed E-state index contributed by atoms with van der Waals surface area (Å²) in [6.07, 6.45) is -0.451. The number of nitrogens with two attached hydrogens (primary N) is 1. The lowest BCUT2D eigenvalue weighted by Crippen LogP contribution is -2.37. The lowest BCUT2D eigenvalue weighted by molar-refractivity contribution is 0.0753. The van der Waals surface area contributed by atoms with Crippen LogP contribution >= 0.6 is 23.5 Å². The van der Waals surface area contributed by atoms with Gasteiger partial charge in [-0.15, -0.1) is 0 Å².